The van der Waals surface area contributed by atoms with Crippen molar-refractivity contribution in [3.8, 4) is 0 Å². The van der Waals surface area contributed by atoms with Crippen molar-refractivity contribution in [3.63, 3.8) is 0 Å². The minimum Gasteiger partial charge on any atom is -0.366 e. The summed E-state index contributed by atoms with van der Waals surface area (Å²) in [5.41, 5.74) is 1.47. The maximum atomic E-state index is 12.5. The Balaban J connectivity index is 1.74. The van der Waals surface area contributed by atoms with Gasteiger partial charge in [0.2, 0.25) is 5.91 Å². The number of fused-ring (bicyclic) bond motifs is 1. The molecular weight excluding hydrogens is 270 g/mol. The first-order valence-electron chi connectivity index (χ1n) is 7.15. The molecular formula is C15H19N3O3. The van der Waals surface area contributed by atoms with E-state index < -0.39 is 0 Å². The number of aryl methyl sites for hydroxylation is 1. The number of hydrogen-bond donors (Lipinski definition) is 0. The number of ether oxygens (including phenoxy) is 1. The molecule has 1 aromatic rings. The molecule has 3 rings (SSSR count). The Morgan fingerprint density at radius 3 is 2.95 bits per heavy atom. The lowest BCUT2D eigenvalue weighted by molar-refractivity contribution is -0.159. The summed E-state index contributed by atoms with van der Waals surface area (Å²) >= 11 is 0. The molecule has 0 bridgehead atoms. The molecule has 2 aliphatic rings. The van der Waals surface area contributed by atoms with Gasteiger partial charge >= 0.3 is 0 Å². The average Bonchev–Trinajstić information content (AvgIpc) is 2.51. The van der Waals surface area contributed by atoms with Gasteiger partial charge in [0.15, 0.2) is 0 Å². The summed E-state index contributed by atoms with van der Waals surface area (Å²) in [6.45, 7) is 3.20. The van der Waals surface area contributed by atoms with Crippen molar-refractivity contribution in [1.29, 1.82) is 0 Å². The Morgan fingerprint density at radius 2 is 2.24 bits per heavy atom. The third-order valence-electron chi connectivity index (χ3n) is 4.28. The van der Waals surface area contributed by atoms with Gasteiger partial charge in [-0.1, -0.05) is 0 Å². The van der Waals surface area contributed by atoms with Crippen molar-refractivity contribution in [2.75, 3.05) is 26.7 Å². The van der Waals surface area contributed by atoms with Gasteiger partial charge in [-0.2, -0.15) is 0 Å². The number of carbonyl (C=O) groups excluding carboxylic acids is 2. The van der Waals surface area contributed by atoms with E-state index in [9.17, 15) is 9.59 Å². The molecule has 6 nitrogen and oxygen atoms in total. The molecule has 6 heteroatoms. The van der Waals surface area contributed by atoms with Crippen LogP contribution in [0.2, 0.25) is 0 Å². The first-order valence-corrected chi connectivity index (χ1v) is 7.15. The van der Waals surface area contributed by atoms with Crippen LogP contribution in [0, 0.1) is 6.92 Å². The van der Waals surface area contributed by atoms with Gasteiger partial charge in [0.25, 0.3) is 5.91 Å². The molecule has 2 fully saturated rings. The lowest BCUT2D eigenvalue weighted by atomic mass is 9.98. The summed E-state index contributed by atoms with van der Waals surface area (Å²) in [5, 5.41) is 0. The average molecular weight is 289 g/mol. The maximum absolute atomic E-state index is 12.5. The maximum Gasteiger partial charge on any atom is 0.255 e. The van der Waals surface area contributed by atoms with Crippen LogP contribution < -0.4 is 0 Å². The van der Waals surface area contributed by atoms with Crippen LogP contribution in [-0.2, 0) is 9.53 Å². The van der Waals surface area contributed by atoms with Crippen LogP contribution in [0.15, 0.2) is 18.3 Å². The van der Waals surface area contributed by atoms with E-state index in [0.717, 1.165) is 12.1 Å². The van der Waals surface area contributed by atoms with Crippen LogP contribution in [0.3, 0.4) is 0 Å². The highest BCUT2D eigenvalue weighted by molar-refractivity contribution is 5.94. The van der Waals surface area contributed by atoms with Gasteiger partial charge in [-0.3, -0.25) is 14.6 Å². The molecule has 1 aromatic heterocycles. The van der Waals surface area contributed by atoms with Gasteiger partial charge in [0.1, 0.15) is 6.61 Å². The second kappa shape index (κ2) is 5.44. The number of pyridine rings is 1. The highest BCUT2D eigenvalue weighted by Gasteiger charge is 2.39. The number of piperidine rings is 1. The number of rotatable bonds is 1. The molecule has 2 amide bonds. The first-order chi connectivity index (χ1) is 10.1. The lowest BCUT2D eigenvalue weighted by Crippen LogP contribution is -2.61. The van der Waals surface area contributed by atoms with Crippen LogP contribution in [0.1, 0.15) is 22.5 Å². The summed E-state index contributed by atoms with van der Waals surface area (Å²) in [6, 6.07) is 3.57. The van der Waals surface area contributed by atoms with Crippen LogP contribution in [0.4, 0.5) is 0 Å². The van der Waals surface area contributed by atoms with Crippen molar-refractivity contribution >= 4 is 11.8 Å². The Bertz CT molecular complexity index is 558. The van der Waals surface area contributed by atoms with Crippen LogP contribution in [0.25, 0.3) is 0 Å². The number of hydrogen-bond acceptors (Lipinski definition) is 4. The molecule has 3 heterocycles. The van der Waals surface area contributed by atoms with E-state index in [1.54, 1.807) is 29.1 Å². The van der Waals surface area contributed by atoms with Gasteiger partial charge in [-0.25, -0.2) is 0 Å². The minimum absolute atomic E-state index is 0.0254. The predicted molar refractivity (Wildman–Crippen MR) is 75.8 cm³/mol. The highest BCUT2D eigenvalue weighted by Crippen LogP contribution is 2.23. The predicted octanol–water partition coefficient (Wildman–Crippen LogP) is 0.462. The van der Waals surface area contributed by atoms with E-state index in [0.29, 0.717) is 18.7 Å². The molecule has 0 radical (unpaired) electrons. The Labute approximate surface area is 123 Å². The monoisotopic (exact) mass is 289 g/mol. The molecule has 112 valence electrons. The molecule has 2 aliphatic heterocycles. The normalized spacial score (nSPS) is 25.7. The fraction of sp³-hybridized carbons (Fsp3) is 0.533. The second-order valence-corrected chi connectivity index (χ2v) is 5.65. The van der Waals surface area contributed by atoms with Gasteiger partial charge < -0.3 is 14.5 Å². The van der Waals surface area contributed by atoms with Gasteiger partial charge in [0.05, 0.1) is 17.7 Å². The second-order valence-electron chi connectivity index (χ2n) is 5.65. The van der Waals surface area contributed by atoms with Gasteiger partial charge in [-0.15, -0.1) is 0 Å². The topological polar surface area (TPSA) is 62.7 Å². The minimum atomic E-state index is -0.0534. The van der Waals surface area contributed by atoms with Crippen molar-refractivity contribution in [1.82, 2.24) is 14.8 Å². The van der Waals surface area contributed by atoms with E-state index in [-0.39, 0.29) is 30.6 Å². The molecule has 0 unspecified atom stereocenters. The standard InChI is InChI=1S/C15H19N3O3/c1-10-3-4-11(7-16-10)15(20)18-6-5-13-12(8-18)17(2)14(19)9-21-13/h3-4,7,12-13H,5-6,8-9H2,1-2H3/t12-,13+/m0/s1. The van der Waals surface area contributed by atoms with E-state index in [4.69, 9.17) is 4.74 Å². The summed E-state index contributed by atoms with van der Waals surface area (Å²) in [5.74, 6) is -0.0603. The first kappa shape index (κ1) is 14.0. The van der Waals surface area contributed by atoms with Gasteiger partial charge in [-0.05, 0) is 25.5 Å². The summed E-state index contributed by atoms with van der Waals surface area (Å²) < 4.78 is 5.57. The Kier molecular flexibility index (Phi) is 3.63. The third-order valence-corrected chi connectivity index (χ3v) is 4.28. The Hall–Kier alpha value is -1.95. The van der Waals surface area contributed by atoms with Crippen molar-refractivity contribution < 1.29 is 14.3 Å². The third kappa shape index (κ3) is 2.63. The Morgan fingerprint density at radius 1 is 1.43 bits per heavy atom. The van der Waals surface area contributed by atoms with Gasteiger partial charge in [0, 0.05) is 32.0 Å². The summed E-state index contributed by atoms with van der Waals surface area (Å²) in [4.78, 5) is 31.9. The van der Waals surface area contributed by atoms with E-state index >= 15 is 0 Å². The fourth-order valence-corrected chi connectivity index (χ4v) is 2.90. The largest absolute Gasteiger partial charge is 0.366 e. The lowest BCUT2D eigenvalue weighted by Gasteiger charge is -2.45. The van der Waals surface area contributed by atoms with Crippen LogP contribution in [0.5, 0.6) is 0 Å². The van der Waals surface area contributed by atoms with Crippen molar-refractivity contribution in [2.24, 2.45) is 0 Å². The summed E-state index contributed by atoms with van der Waals surface area (Å²) in [6.07, 6.45) is 2.40. The van der Waals surface area contributed by atoms with E-state index in [1.807, 2.05) is 13.0 Å². The zero-order valence-electron chi connectivity index (χ0n) is 12.3. The number of aromatic nitrogens is 1. The quantitative estimate of drug-likeness (QED) is 0.753. The number of likely N-dealkylation sites (N-methyl/N-ethyl adjacent to an activating group) is 1. The van der Waals surface area contributed by atoms with E-state index in [1.165, 1.54) is 0 Å². The molecule has 2 atom stereocenters. The number of carbonyl (C=O) groups is 2. The number of morpholine rings is 1. The number of nitrogens with zero attached hydrogens (tertiary/aromatic N) is 3. The highest BCUT2D eigenvalue weighted by atomic mass is 16.5. The number of likely N-dealkylation sites (tertiary alicyclic amines) is 1. The molecule has 0 aromatic carbocycles. The molecule has 0 N–H and O–H groups in total. The molecule has 0 aliphatic carbocycles. The SMILES string of the molecule is Cc1ccc(C(=O)N2CC[C@H]3OCC(=O)N(C)[C@H]3C2)cn1. The molecule has 2 saturated heterocycles. The van der Waals surface area contributed by atoms with Crippen molar-refractivity contribution in [3.05, 3.63) is 29.6 Å². The van der Waals surface area contributed by atoms with Crippen LogP contribution >= 0.6 is 0 Å². The molecule has 0 spiro atoms. The number of amides is 2. The molecule has 0 saturated carbocycles. The zero-order valence-corrected chi connectivity index (χ0v) is 12.3. The zero-order chi connectivity index (χ0) is 15.0. The summed E-state index contributed by atoms with van der Waals surface area (Å²) in [7, 11) is 1.78. The van der Waals surface area contributed by atoms with E-state index in [2.05, 4.69) is 4.98 Å². The molecule has 21 heavy (non-hydrogen) atoms. The van der Waals surface area contributed by atoms with Crippen molar-refractivity contribution in [2.45, 2.75) is 25.5 Å². The van der Waals surface area contributed by atoms with Crippen LogP contribution in [-0.4, -0.2) is 65.5 Å². The fourth-order valence-electron chi connectivity index (χ4n) is 2.90. The smallest absolute Gasteiger partial charge is 0.255 e.